The van der Waals surface area contributed by atoms with E-state index in [9.17, 15) is 13.2 Å². The summed E-state index contributed by atoms with van der Waals surface area (Å²) < 4.78 is 37.8. The number of hydrogen-bond donors (Lipinski definition) is 1. The van der Waals surface area contributed by atoms with Crippen molar-refractivity contribution in [2.45, 2.75) is 12.1 Å². The van der Waals surface area contributed by atoms with Crippen molar-refractivity contribution in [2.75, 3.05) is 6.61 Å². The highest BCUT2D eigenvalue weighted by atomic mass is 127. The number of aliphatic hydroxyl groups is 1. The van der Waals surface area contributed by atoms with Gasteiger partial charge in [-0.05, 0) is 53.3 Å². The Hall–Kier alpha value is -0.300. The molecule has 0 fully saturated rings. The van der Waals surface area contributed by atoms with Gasteiger partial charge < -0.3 is 5.11 Å². The van der Waals surface area contributed by atoms with Gasteiger partial charge in [-0.2, -0.15) is 13.2 Å². The first-order valence-corrected chi connectivity index (χ1v) is 5.24. The van der Waals surface area contributed by atoms with E-state index in [-0.39, 0.29) is 6.61 Å². The Labute approximate surface area is 99.4 Å². The second kappa shape index (κ2) is 4.69. The van der Waals surface area contributed by atoms with Crippen LogP contribution in [0.3, 0.4) is 0 Å². The van der Waals surface area contributed by atoms with Crippen molar-refractivity contribution < 1.29 is 18.3 Å². The molecule has 1 radical (unpaired) electrons. The Bertz CT molecular complexity index is 349. The van der Waals surface area contributed by atoms with Gasteiger partial charge in [0.1, 0.15) is 0 Å². The lowest BCUT2D eigenvalue weighted by molar-refractivity contribution is -0.137. The Morgan fingerprint density at radius 2 is 1.93 bits per heavy atom. The Morgan fingerprint density at radius 3 is 2.40 bits per heavy atom. The maximum Gasteiger partial charge on any atom is 0.416 e. The van der Waals surface area contributed by atoms with Crippen LogP contribution in [-0.4, -0.2) is 11.7 Å². The zero-order valence-corrected chi connectivity index (χ0v) is 9.84. The van der Waals surface area contributed by atoms with Crippen LogP contribution in [0.1, 0.15) is 17.0 Å². The Balaban J connectivity index is 3.17. The van der Waals surface area contributed by atoms with E-state index in [1.807, 2.05) is 22.6 Å². The molecule has 1 N–H and O–H groups in total. The molecular formula is C10H9F3IO. The molecular weight excluding hydrogens is 320 g/mol. The summed E-state index contributed by atoms with van der Waals surface area (Å²) in [5, 5.41) is 8.83. The summed E-state index contributed by atoms with van der Waals surface area (Å²) in [7, 11) is 0. The van der Waals surface area contributed by atoms with Gasteiger partial charge in [0.2, 0.25) is 0 Å². The minimum Gasteiger partial charge on any atom is -0.396 e. The fraction of sp³-hybridized carbons (Fsp3) is 0.300. The third kappa shape index (κ3) is 3.34. The van der Waals surface area contributed by atoms with Gasteiger partial charge in [-0.25, -0.2) is 0 Å². The second-order valence-electron chi connectivity index (χ2n) is 3.15. The van der Waals surface area contributed by atoms with E-state index < -0.39 is 17.7 Å². The largest absolute Gasteiger partial charge is 0.416 e. The number of aliphatic hydroxyl groups excluding tert-OH is 1. The van der Waals surface area contributed by atoms with Crippen LogP contribution in [0.4, 0.5) is 13.2 Å². The van der Waals surface area contributed by atoms with Crippen molar-refractivity contribution >= 4 is 22.6 Å². The minimum absolute atomic E-state index is 0.266. The van der Waals surface area contributed by atoms with Gasteiger partial charge in [0.25, 0.3) is 0 Å². The van der Waals surface area contributed by atoms with Crippen LogP contribution in [-0.2, 0) is 6.18 Å². The topological polar surface area (TPSA) is 20.2 Å². The van der Waals surface area contributed by atoms with Crippen LogP contribution in [0.15, 0.2) is 18.2 Å². The Kier molecular flexibility index (Phi) is 3.99. The predicted octanol–water partition coefficient (Wildman–Crippen LogP) is 3.22. The third-order valence-corrected chi connectivity index (χ3v) is 2.56. The monoisotopic (exact) mass is 329 g/mol. The molecule has 0 aliphatic carbocycles. The molecule has 0 amide bonds. The first kappa shape index (κ1) is 12.8. The number of alkyl halides is 3. The van der Waals surface area contributed by atoms with Crippen LogP contribution in [0.2, 0.25) is 0 Å². The van der Waals surface area contributed by atoms with Gasteiger partial charge >= 0.3 is 6.18 Å². The maximum atomic E-state index is 12.4. The molecule has 0 spiro atoms. The first-order valence-electron chi connectivity index (χ1n) is 4.16. The molecule has 1 aromatic rings. The molecule has 0 saturated heterocycles. The summed E-state index contributed by atoms with van der Waals surface area (Å²) in [6.07, 6.45) is -4.36. The lowest BCUT2D eigenvalue weighted by Crippen LogP contribution is -2.08. The summed E-state index contributed by atoms with van der Waals surface area (Å²) in [5.74, 6) is -0.527. The van der Waals surface area contributed by atoms with Crippen LogP contribution in [0, 0.1) is 10.5 Å². The van der Waals surface area contributed by atoms with Crippen molar-refractivity contribution in [3.05, 3.63) is 39.8 Å². The number of rotatable bonds is 2. The molecule has 15 heavy (non-hydrogen) atoms. The summed E-state index contributed by atoms with van der Waals surface area (Å²) in [6, 6.07) is 3.67. The summed E-state index contributed by atoms with van der Waals surface area (Å²) >= 11 is 1.81. The molecule has 1 nitrogen and oxygen atoms in total. The number of halogens is 4. The first-order chi connectivity index (χ1) is 6.84. The summed E-state index contributed by atoms with van der Waals surface area (Å²) in [5.41, 5.74) is -0.303. The van der Waals surface area contributed by atoms with Crippen molar-refractivity contribution in [3.8, 4) is 0 Å². The molecule has 0 aromatic heterocycles. The van der Waals surface area contributed by atoms with E-state index in [2.05, 4.69) is 6.92 Å². The molecule has 0 aliphatic heterocycles. The average molecular weight is 329 g/mol. The molecule has 0 saturated carbocycles. The number of benzene rings is 1. The molecule has 83 valence electrons. The molecule has 5 heteroatoms. The maximum absolute atomic E-state index is 12.4. The highest BCUT2D eigenvalue weighted by molar-refractivity contribution is 14.1. The van der Waals surface area contributed by atoms with Crippen molar-refractivity contribution in [2.24, 2.45) is 0 Å². The summed E-state index contributed by atoms with van der Waals surface area (Å²) in [6.45, 7) is 3.30. The van der Waals surface area contributed by atoms with Gasteiger partial charge in [-0.15, -0.1) is 0 Å². The number of hydrogen-bond acceptors (Lipinski definition) is 1. The molecule has 0 heterocycles. The minimum atomic E-state index is -4.36. The van der Waals surface area contributed by atoms with Gasteiger partial charge in [0, 0.05) is 16.1 Å². The fourth-order valence-corrected chi connectivity index (χ4v) is 1.81. The molecule has 1 atom stereocenters. The predicted molar refractivity (Wildman–Crippen MR) is 59.3 cm³/mol. The fourth-order valence-electron chi connectivity index (χ4n) is 1.12. The van der Waals surface area contributed by atoms with Gasteiger partial charge in [0.15, 0.2) is 0 Å². The third-order valence-electron chi connectivity index (χ3n) is 1.94. The van der Waals surface area contributed by atoms with Crippen molar-refractivity contribution in [3.63, 3.8) is 0 Å². The van der Waals surface area contributed by atoms with E-state index in [1.165, 1.54) is 0 Å². The molecule has 0 aliphatic rings. The van der Waals surface area contributed by atoms with E-state index in [1.54, 1.807) is 6.07 Å². The molecule has 0 bridgehead atoms. The molecule has 1 aromatic carbocycles. The van der Waals surface area contributed by atoms with Gasteiger partial charge in [0.05, 0.1) is 5.56 Å². The van der Waals surface area contributed by atoms with Crippen LogP contribution in [0.25, 0.3) is 0 Å². The van der Waals surface area contributed by atoms with E-state index in [0.29, 0.717) is 9.13 Å². The van der Waals surface area contributed by atoms with E-state index >= 15 is 0 Å². The lowest BCUT2D eigenvalue weighted by atomic mass is 10.00. The average Bonchev–Trinajstić information content (AvgIpc) is 2.14. The SMILES string of the molecule is [CH2]C(CO)c1cc(I)cc(C(F)(F)F)c1. The van der Waals surface area contributed by atoms with Crippen molar-refractivity contribution in [1.82, 2.24) is 0 Å². The normalized spacial score (nSPS) is 14.0. The van der Waals surface area contributed by atoms with Crippen molar-refractivity contribution in [1.29, 1.82) is 0 Å². The zero-order valence-electron chi connectivity index (χ0n) is 7.68. The van der Waals surface area contributed by atoms with Gasteiger partial charge in [-0.3, -0.25) is 0 Å². The molecule has 1 unspecified atom stereocenters. The molecule has 1 rings (SSSR count). The lowest BCUT2D eigenvalue weighted by Gasteiger charge is -2.13. The quantitative estimate of drug-likeness (QED) is 0.826. The van der Waals surface area contributed by atoms with Crippen LogP contribution < -0.4 is 0 Å². The van der Waals surface area contributed by atoms with E-state index in [0.717, 1.165) is 12.1 Å². The zero-order chi connectivity index (χ0) is 11.6. The standard InChI is InChI=1S/C10H9F3IO/c1-6(5-15)7-2-8(10(11,12)13)4-9(14)3-7/h2-4,6,15H,1,5H2. The summed E-state index contributed by atoms with van der Waals surface area (Å²) in [4.78, 5) is 0. The van der Waals surface area contributed by atoms with Gasteiger partial charge in [-0.1, -0.05) is 0 Å². The highest BCUT2D eigenvalue weighted by Gasteiger charge is 2.31. The van der Waals surface area contributed by atoms with Crippen LogP contribution >= 0.6 is 22.6 Å². The highest BCUT2D eigenvalue weighted by Crippen LogP contribution is 2.32. The smallest absolute Gasteiger partial charge is 0.396 e. The van der Waals surface area contributed by atoms with Crippen LogP contribution in [0.5, 0.6) is 0 Å². The Morgan fingerprint density at radius 1 is 1.33 bits per heavy atom. The van der Waals surface area contributed by atoms with E-state index in [4.69, 9.17) is 5.11 Å². The second-order valence-corrected chi connectivity index (χ2v) is 4.40.